The first-order valence-corrected chi connectivity index (χ1v) is 16.2. The summed E-state index contributed by atoms with van der Waals surface area (Å²) in [5.41, 5.74) is 10.6. The van der Waals surface area contributed by atoms with Crippen LogP contribution in [0, 0.1) is 0 Å². The van der Waals surface area contributed by atoms with E-state index in [1.807, 2.05) is 0 Å². The topological polar surface area (TPSA) is 16.3 Å². The molecular weight excluding hydrogens is 573 g/mol. The predicted octanol–water partition coefficient (Wildman–Crippen LogP) is 11.3. The number of hydrogen-bond donors (Lipinski definition) is 0. The van der Waals surface area contributed by atoms with Crippen LogP contribution in [0.4, 0.5) is 22.7 Å². The molecule has 0 aliphatic carbocycles. The van der Waals surface area contributed by atoms with Gasteiger partial charge in [-0.25, -0.2) is 0 Å². The van der Waals surface area contributed by atoms with Crippen LogP contribution in [-0.2, 0) is 0 Å². The minimum Gasteiger partial charge on any atom is -0.309 e. The van der Waals surface area contributed by atoms with Gasteiger partial charge in [0.25, 0.3) is 0 Å². The molecule has 2 aromatic heterocycles. The molecule has 0 saturated heterocycles. The average molecular weight is 603 g/mol. The Labute approximate surface area is 272 Å². The van der Waals surface area contributed by atoms with Crippen molar-refractivity contribution < 1.29 is 0 Å². The molecule has 0 atom stereocenters. The molecule has 222 valence electrons. The van der Waals surface area contributed by atoms with Crippen LogP contribution in [0.15, 0.2) is 176 Å². The van der Waals surface area contributed by atoms with E-state index in [1.165, 1.54) is 55.0 Å². The SMILES string of the molecule is c1ccc(N2c3ccccc3N(c3ccccc3)C2n2c3ccccc3c3c4c(ccc32)c2ccccc2n4-c2ccccc2)cc1. The molecule has 0 saturated carbocycles. The normalized spacial score (nSPS) is 13.4. The second kappa shape index (κ2) is 10.1. The lowest BCUT2D eigenvalue weighted by atomic mass is 10.1. The van der Waals surface area contributed by atoms with Gasteiger partial charge in [-0.2, -0.15) is 0 Å². The van der Waals surface area contributed by atoms with Crippen molar-refractivity contribution in [1.82, 2.24) is 9.13 Å². The van der Waals surface area contributed by atoms with Crippen LogP contribution >= 0.6 is 0 Å². The van der Waals surface area contributed by atoms with Gasteiger partial charge in [-0.15, -0.1) is 0 Å². The molecule has 4 nitrogen and oxygen atoms in total. The van der Waals surface area contributed by atoms with Crippen molar-refractivity contribution in [1.29, 1.82) is 0 Å². The smallest absolute Gasteiger partial charge is 0.194 e. The third-order valence-electron chi connectivity index (χ3n) is 9.68. The maximum absolute atomic E-state index is 2.55. The summed E-state index contributed by atoms with van der Waals surface area (Å²) in [5, 5.41) is 5.02. The summed E-state index contributed by atoms with van der Waals surface area (Å²) in [5.74, 6) is 0. The summed E-state index contributed by atoms with van der Waals surface area (Å²) in [6, 6.07) is 63.5. The molecule has 1 aliphatic heterocycles. The summed E-state index contributed by atoms with van der Waals surface area (Å²) in [6.45, 7) is 0. The lowest BCUT2D eigenvalue weighted by Gasteiger charge is -2.35. The fraction of sp³-hybridized carbons (Fsp3) is 0.0233. The number of aromatic nitrogens is 2. The Morgan fingerprint density at radius 3 is 1.45 bits per heavy atom. The average Bonchev–Trinajstić information content (AvgIpc) is 3.78. The first-order chi connectivity index (χ1) is 23.4. The lowest BCUT2D eigenvalue weighted by Crippen LogP contribution is -2.34. The minimum atomic E-state index is -0.202. The molecule has 0 N–H and O–H groups in total. The monoisotopic (exact) mass is 602 g/mol. The third-order valence-corrected chi connectivity index (χ3v) is 9.68. The third kappa shape index (κ3) is 3.70. The van der Waals surface area contributed by atoms with E-state index in [1.54, 1.807) is 0 Å². The zero-order valence-electron chi connectivity index (χ0n) is 25.6. The largest absolute Gasteiger partial charge is 0.309 e. The summed E-state index contributed by atoms with van der Waals surface area (Å²) in [7, 11) is 0. The highest BCUT2D eigenvalue weighted by molar-refractivity contribution is 6.26. The molecule has 0 bridgehead atoms. The lowest BCUT2D eigenvalue weighted by molar-refractivity contribution is 0.571. The standard InChI is InChI=1S/C43H30N4/c1-4-16-30(17-5-1)44-36-24-12-10-22-33(36)34-28-29-40-41(42(34)44)35-23-11-13-25-37(35)47(40)43-45(31-18-6-2-7-19-31)38-26-14-15-27-39(38)46(43)32-20-8-3-9-21-32/h1-29,43H. The van der Waals surface area contributed by atoms with Crippen LogP contribution in [-0.4, -0.2) is 9.13 Å². The highest BCUT2D eigenvalue weighted by Crippen LogP contribution is 2.54. The molecule has 7 aromatic carbocycles. The number of nitrogens with zero attached hydrogens (tertiary/aromatic N) is 4. The van der Waals surface area contributed by atoms with Crippen LogP contribution in [0.1, 0.15) is 6.29 Å². The number of para-hydroxylation sites is 7. The van der Waals surface area contributed by atoms with E-state index in [9.17, 15) is 0 Å². The molecule has 0 unspecified atom stereocenters. The van der Waals surface area contributed by atoms with E-state index in [0.29, 0.717) is 0 Å². The van der Waals surface area contributed by atoms with E-state index < -0.39 is 0 Å². The van der Waals surface area contributed by atoms with Gasteiger partial charge in [0.2, 0.25) is 0 Å². The second-order valence-electron chi connectivity index (χ2n) is 12.2. The van der Waals surface area contributed by atoms with Crippen LogP contribution in [0.2, 0.25) is 0 Å². The van der Waals surface area contributed by atoms with Crippen molar-refractivity contribution in [2.75, 3.05) is 9.80 Å². The first kappa shape index (κ1) is 26.0. The van der Waals surface area contributed by atoms with Crippen molar-refractivity contribution in [2.24, 2.45) is 0 Å². The quantitative estimate of drug-likeness (QED) is 0.199. The Kier molecular flexibility index (Phi) is 5.60. The van der Waals surface area contributed by atoms with Crippen molar-refractivity contribution in [3.8, 4) is 5.69 Å². The van der Waals surface area contributed by atoms with Gasteiger partial charge in [0.1, 0.15) is 0 Å². The van der Waals surface area contributed by atoms with Gasteiger partial charge in [-0.1, -0.05) is 109 Å². The van der Waals surface area contributed by atoms with Gasteiger partial charge >= 0.3 is 0 Å². The molecular formula is C43H30N4. The van der Waals surface area contributed by atoms with Gasteiger partial charge in [0, 0.05) is 38.6 Å². The van der Waals surface area contributed by atoms with E-state index in [2.05, 4.69) is 195 Å². The van der Waals surface area contributed by atoms with Crippen LogP contribution in [0.25, 0.3) is 49.3 Å². The molecule has 1 aliphatic rings. The maximum atomic E-state index is 2.55. The highest BCUT2D eigenvalue weighted by Gasteiger charge is 2.40. The Bertz CT molecular complexity index is 2520. The Morgan fingerprint density at radius 1 is 0.340 bits per heavy atom. The summed E-state index contributed by atoms with van der Waals surface area (Å²) < 4.78 is 5.01. The van der Waals surface area contributed by atoms with Crippen molar-refractivity contribution >= 4 is 66.4 Å². The van der Waals surface area contributed by atoms with Crippen molar-refractivity contribution in [3.63, 3.8) is 0 Å². The fourth-order valence-corrected chi connectivity index (χ4v) is 7.82. The zero-order valence-corrected chi connectivity index (χ0v) is 25.6. The summed E-state index contributed by atoms with van der Waals surface area (Å²) >= 11 is 0. The molecule has 0 fully saturated rings. The molecule has 9 aromatic rings. The number of hydrogen-bond acceptors (Lipinski definition) is 2. The summed E-state index contributed by atoms with van der Waals surface area (Å²) in [6.07, 6.45) is -0.202. The van der Waals surface area contributed by atoms with E-state index >= 15 is 0 Å². The Morgan fingerprint density at radius 2 is 0.830 bits per heavy atom. The first-order valence-electron chi connectivity index (χ1n) is 16.2. The summed E-state index contributed by atoms with van der Waals surface area (Å²) in [4.78, 5) is 4.98. The minimum absolute atomic E-state index is 0.202. The van der Waals surface area contributed by atoms with Gasteiger partial charge in [-0.3, -0.25) is 0 Å². The van der Waals surface area contributed by atoms with E-state index in [0.717, 1.165) is 17.1 Å². The number of fused-ring (bicyclic) bond motifs is 8. The second-order valence-corrected chi connectivity index (χ2v) is 12.2. The number of rotatable bonds is 4. The van der Waals surface area contributed by atoms with E-state index in [4.69, 9.17) is 0 Å². The molecule has 0 amide bonds. The highest BCUT2D eigenvalue weighted by atomic mass is 15.5. The van der Waals surface area contributed by atoms with Gasteiger partial charge < -0.3 is 18.9 Å². The zero-order chi connectivity index (χ0) is 30.9. The molecule has 10 rings (SSSR count). The number of anilines is 4. The van der Waals surface area contributed by atoms with Crippen LogP contribution in [0.5, 0.6) is 0 Å². The van der Waals surface area contributed by atoms with Gasteiger partial charge in [-0.05, 0) is 66.7 Å². The fourth-order valence-electron chi connectivity index (χ4n) is 7.82. The number of benzene rings is 7. The van der Waals surface area contributed by atoms with Crippen molar-refractivity contribution in [2.45, 2.75) is 6.29 Å². The molecule has 0 radical (unpaired) electrons. The van der Waals surface area contributed by atoms with Crippen LogP contribution < -0.4 is 9.80 Å². The van der Waals surface area contributed by atoms with Gasteiger partial charge in [0.05, 0.1) is 33.4 Å². The predicted molar refractivity (Wildman–Crippen MR) is 196 cm³/mol. The Hall–Kier alpha value is -6.26. The molecule has 3 heterocycles. The molecule has 47 heavy (non-hydrogen) atoms. The van der Waals surface area contributed by atoms with Crippen molar-refractivity contribution in [3.05, 3.63) is 176 Å². The van der Waals surface area contributed by atoms with Gasteiger partial charge in [0.15, 0.2) is 6.29 Å². The van der Waals surface area contributed by atoms with E-state index in [-0.39, 0.29) is 6.29 Å². The molecule has 4 heteroatoms. The maximum Gasteiger partial charge on any atom is 0.194 e. The Balaban J connectivity index is 1.37. The molecule has 0 spiro atoms. The van der Waals surface area contributed by atoms with Crippen LogP contribution in [0.3, 0.4) is 0 Å².